The number of anilines is 2. The van der Waals surface area contributed by atoms with Gasteiger partial charge in [-0.15, -0.1) is 11.3 Å². The molecule has 0 radical (unpaired) electrons. The Morgan fingerprint density at radius 3 is 2.55 bits per heavy atom. The van der Waals surface area contributed by atoms with Crippen LogP contribution in [0, 0.1) is 19.7 Å². The number of hydrogen-bond acceptors (Lipinski definition) is 4. The number of halogens is 1. The Labute approximate surface area is 171 Å². The fourth-order valence-corrected chi connectivity index (χ4v) is 5.18. The number of amides is 2. The molecule has 5 nitrogen and oxygen atoms in total. The zero-order valence-corrected chi connectivity index (χ0v) is 16.7. The molecule has 146 valence electrons. The van der Waals surface area contributed by atoms with Crippen molar-refractivity contribution in [2.45, 2.75) is 26.1 Å². The van der Waals surface area contributed by atoms with Gasteiger partial charge >= 0.3 is 0 Å². The maximum absolute atomic E-state index is 14.3. The van der Waals surface area contributed by atoms with Crippen molar-refractivity contribution in [3.63, 3.8) is 0 Å². The quantitative estimate of drug-likeness (QED) is 0.674. The minimum atomic E-state index is -1.39. The van der Waals surface area contributed by atoms with Crippen LogP contribution in [0.25, 0.3) is 0 Å². The standard InChI is InChI=1S/C22H18FN3O2S/c1-12-13(2)29-20-18(12)19(27)24-22(25-20)15-8-4-6-10-17(15)26(21(22)28)11-14-7-3-5-9-16(14)23/h3-10,25H,11H2,1-2H3,(H,24,27). The fraction of sp³-hybridized carbons (Fsp3) is 0.182. The molecule has 2 aliphatic heterocycles. The molecule has 5 rings (SSSR count). The highest BCUT2D eigenvalue weighted by molar-refractivity contribution is 7.16. The Morgan fingerprint density at radius 2 is 1.76 bits per heavy atom. The van der Waals surface area contributed by atoms with E-state index in [2.05, 4.69) is 10.6 Å². The first-order valence-electron chi connectivity index (χ1n) is 9.28. The summed E-state index contributed by atoms with van der Waals surface area (Å²) in [7, 11) is 0. The Bertz CT molecular complexity index is 1190. The number of aryl methyl sites for hydroxylation is 1. The van der Waals surface area contributed by atoms with Crippen LogP contribution in [0.5, 0.6) is 0 Å². The third-order valence-corrected chi connectivity index (χ3v) is 6.79. The van der Waals surface area contributed by atoms with Gasteiger partial charge in [-0.1, -0.05) is 36.4 Å². The van der Waals surface area contributed by atoms with E-state index in [0.29, 0.717) is 27.4 Å². The number of benzene rings is 2. The number of nitrogens with zero attached hydrogens (tertiary/aromatic N) is 1. The molecule has 2 amide bonds. The van der Waals surface area contributed by atoms with Gasteiger partial charge in [-0.2, -0.15) is 0 Å². The summed E-state index contributed by atoms with van der Waals surface area (Å²) in [6, 6.07) is 13.7. The van der Waals surface area contributed by atoms with Gasteiger partial charge in [0.2, 0.25) is 5.66 Å². The summed E-state index contributed by atoms with van der Waals surface area (Å²) in [6.07, 6.45) is 0. The molecule has 0 saturated carbocycles. The third-order valence-electron chi connectivity index (χ3n) is 5.67. The van der Waals surface area contributed by atoms with E-state index >= 15 is 0 Å². The number of para-hydroxylation sites is 1. The number of carbonyl (C=O) groups is 2. The van der Waals surface area contributed by atoms with Crippen LogP contribution >= 0.6 is 11.3 Å². The van der Waals surface area contributed by atoms with Gasteiger partial charge < -0.3 is 15.5 Å². The van der Waals surface area contributed by atoms with Gasteiger partial charge in [0, 0.05) is 16.0 Å². The molecule has 0 aliphatic carbocycles. The molecular weight excluding hydrogens is 389 g/mol. The topological polar surface area (TPSA) is 61.4 Å². The number of nitrogens with one attached hydrogen (secondary N) is 2. The molecule has 3 aromatic rings. The van der Waals surface area contributed by atoms with Crippen molar-refractivity contribution < 1.29 is 14.0 Å². The van der Waals surface area contributed by atoms with Crippen molar-refractivity contribution in [2.24, 2.45) is 0 Å². The first kappa shape index (κ1) is 17.9. The van der Waals surface area contributed by atoms with Crippen LogP contribution in [0.4, 0.5) is 15.1 Å². The summed E-state index contributed by atoms with van der Waals surface area (Å²) in [6.45, 7) is 3.94. The van der Waals surface area contributed by atoms with E-state index in [-0.39, 0.29) is 24.2 Å². The van der Waals surface area contributed by atoms with Gasteiger partial charge in [0.15, 0.2) is 0 Å². The molecule has 2 aromatic carbocycles. The second-order valence-corrected chi connectivity index (χ2v) is 8.54. The predicted octanol–water partition coefficient (Wildman–Crippen LogP) is 4.06. The first-order valence-corrected chi connectivity index (χ1v) is 10.1. The summed E-state index contributed by atoms with van der Waals surface area (Å²) in [5.74, 6) is -0.979. The van der Waals surface area contributed by atoms with Crippen LogP contribution < -0.4 is 15.5 Å². The summed E-state index contributed by atoms with van der Waals surface area (Å²) in [5.41, 5.74) is 1.82. The van der Waals surface area contributed by atoms with E-state index in [4.69, 9.17) is 0 Å². The van der Waals surface area contributed by atoms with E-state index < -0.39 is 5.66 Å². The fourth-order valence-electron chi connectivity index (χ4n) is 4.07. The zero-order chi connectivity index (χ0) is 20.3. The average Bonchev–Trinajstić information content (AvgIpc) is 3.11. The van der Waals surface area contributed by atoms with Crippen molar-refractivity contribution in [3.05, 3.63) is 81.5 Å². The van der Waals surface area contributed by atoms with Gasteiger partial charge in [-0.05, 0) is 31.5 Å². The second kappa shape index (κ2) is 6.15. The van der Waals surface area contributed by atoms with Crippen LogP contribution in [-0.2, 0) is 17.0 Å². The molecule has 1 unspecified atom stereocenters. The largest absolute Gasteiger partial charge is 0.342 e. The monoisotopic (exact) mass is 407 g/mol. The SMILES string of the molecule is Cc1sc2c(c1C)C(=O)NC1(N2)C(=O)N(Cc2ccccc2F)c2ccccc21. The molecule has 7 heteroatoms. The highest BCUT2D eigenvalue weighted by Gasteiger charge is 2.55. The molecule has 2 N–H and O–H groups in total. The summed E-state index contributed by atoms with van der Waals surface area (Å²) >= 11 is 1.46. The number of carbonyl (C=O) groups excluding carboxylic acids is 2. The lowest BCUT2D eigenvalue weighted by atomic mass is 9.97. The first-order chi connectivity index (χ1) is 13.9. The highest BCUT2D eigenvalue weighted by Crippen LogP contribution is 2.46. The molecule has 0 fully saturated rings. The lowest BCUT2D eigenvalue weighted by Crippen LogP contribution is -2.60. The molecular formula is C22H18FN3O2S. The van der Waals surface area contributed by atoms with Gasteiger partial charge in [-0.25, -0.2) is 4.39 Å². The number of thiophene rings is 1. The van der Waals surface area contributed by atoms with Crippen LogP contribution in [0.2, 0.25) is 0 Å². The van der Waals surface area contributed by atoms with Gasteiger partial charge in [0.05, 0.1) is 17.8 Å². The Balaban J connectivity index is 1.63. The maximum Gasteiger partial charge on any atom is 0.278 e. The van der Waals surface area contributed by atoms with E-state index in [1.807, 2.05) is 38.1 Å². The molecule has 1 aromatic heterocycles. The molecule has 3 heterocycles. The van der Waals surface area contributed by atoms with E-state index in [0.717, 1.165) is 10.4 Å². The van der Waals surface area contributed by atoms with Crippen molar-refractivity contribution in [1.29, 1.82) is 0 Å². The smallest absolute Gasteiger partial charge is 0.278 e. The number of fused-ring (bicyclic) bond motifs is 3. The summed E-state index contributed by atoms with van der Waals surface area (Å²) in [5, 5.41) is 6.89. The van der Waals surface area contributed by atoms with Gasteiger partial charge in [0.25, 0.3) is 11.8 Å². The molecule has 0 bridgehead atoms. The van der Waals surface area contributed by atoms with Crippen LogP contribution in [-0.4, -0.2) is 11.8 Å². The Kier molecular flexibility index (Phi) is 3.79. The molecule has 1 spiro atoms. The van der Waals surface area contributed by atoms with E-state index in [1.165, 1.54) is 22.3 Å². The van der Waals surface area contributed by atoms with Crippen LogP contribution in [0.15, 0.2) is 48.5 Å². The summed E-state index contributed by atoms with van der Waals surface area (Å²) < 4.78 is 14.3. The van der Waals surface area contributed by atoms with Crippen LogP contribution in [0.1, 0.15) is 31.9 Å². The van der Waals surface area contributed by atoms with Crippen molar-refractivity contribution >= 4 is 33.8 Å². The lowest BCUT2D eigenvalue weighted by Gasteiger charge is -2.35. The van der Waals surface area contributed by atoms with Crippen molar-refractivity contribution in [2.75, 3.05) is 10.2 Å². The Morgan fingerprint density at radius 1 is 1.03 bits per heavy atom. The minimum Gasteiger partial charge on any atom is -0.342 e. The van der Waals surface area contributed by atoms with Gasteiger partial charge in [-0.3, -0.25) is 9.59 Å². The summed E-state index contributed by atoms with van der Waals surface area (Å²) in [4.78, 5) is 29.2. The molecule has 2 aliphatic rings. The van der Waals surface area contributed by atoms with E-state index in [1.54, 1.807) is 18.2 Å². The van der Waals surface area contributed by atoms with Crippen molar-refractivity contribution in [1.82, 2.24) is 5.32 Å². The van der Waals surface area contributed by atoms with Crippen LogP contribution in [0.3, 0.4) is 0 Å². The third kappa shape index (κ3) is 2.43. The molecule has 0 saturated heterocycles. The Hall–Kier alpha value is -3.19. The second-order valence-electron chi connectivity index (χ2n) is 7.32. The number of rotatable bonds is 2. The van der Waals surface area contributed by atoms with Crippen molar-refractivity contribution in [3.8, 4) is 0 Å². The zero-order valence-electron chi connectivity index (χ0n) is 15.9. The number of hydrogen-bond donors (Lipinski definition) is 2. The van der Waals surface area contributed by atoms with Gasteiger partial charge in [0.1, 0.15) is 10.8 Å². The predicted molar refractivity (Wildman–Crippen MR) is 111 cm³/mol. The minimum absolute atomic E-state index is 0.0805. The lowest BCUT2D eigenvalue weighted by molar-refractivity contribution is -0.123. The van der Waals surface area contributed by atoms with E-state index in [9.17, 15) is 14.0 Å². The normalized spacial score (nSPS) is 19.8. The molecule has 29 heavy (non-hydrogen) atoms. The highest BCUT2D eigenvalue weighted by atomic mass is 32.1. The maximum atomic E-state index is 14.3. The molecule has 1 atom stereocenters. The average molecular weight is 407 g/mol.